The number of hydrogen-bond donors (Lipinski definition) is 2. The number of ether oxygens (including phenoxy) is 1. The summed E-state index contributed by atoms with van der Waals surface area (Å²) in [6, 6.07) is 7.57. The van der Waals surface area contributed by atoms with Gasteiger partial charge in [0.1, 0.15) is 5.82 Å². The van der Waals surface area contributed by atoms with E-state index in [0.29, 0.717) is 12.5 Å². The average molecular weight is 406 g/mol. The Morgan fingerprint density at radius 1 is 1.32 bits per heavy atom. The lowest BCUT2D eigenvalue weighted by Crippen LogP contribution is -2.31. The first-order valence-corrected chi connectivity index (χ1v) is 8.95. The highest BCUT2D eigenvalue weighted by Gasteiger charge is 2.16. The molecule has 2 N–H and O–H groups in total. The van der Waals surface area contributed by atoms with Crippen molar-refractivity contribution < 1.29 is 9.53 Å². The lowest BCUT2D eigenvalue weighted by Gasteiger charge is -2.22. The van der Waals surface area contributed by atoms with E-state index in [4.69, 9.17) is 4.74 Å². The molecule has 8 heteroatoms. The van der Waals surface area contributed by atoms with Crippen molar-refractivity contribution in [3.63, 3.8) is 0 Å². The van der Waals surface area contributed by atoms with E-state index in [1.807, 2.05) is 24.3 Å². The molecule has 1 aromatic carbocycles. The Morgan fingerprint density at radius 3 is 3.04 bits per heavy atom. The SMILES string of the molecule is COC(=O)N1CCCCCNc2nc(ncc2Br)Nc2cccc1c2. The van der Waals surface area contributed by atoms with Gasteiger partial charge in [0.15, 0.2) is 0 Å². The molecule has 1 aliphatic rings. The fourth-order valence-corrected chi connectivity index (χ4v) is 2.98. The molecule has 1 amide bonds. The maximum atomic E-state index is 12.1. The predicted molar refractivity (Wildman–Crippen MR) is 102 cm³/mol. The van der Waals surface area contributed by atoms with Crippen LogP contribution in [0, 0.1) is 0 Å². The summed E-state index contributed by atoms with van der Waals surface area (Å²) < 4.78 is 5.76. The quantitative estimate of drug-likeness (QED) is 0.684. The van der Waals surface area contributed by atoms with Gasteiger partial charge in [-0.1, -0.05) is 6.07 Å². The standard InChI is InChI=1S/C17H20BrN5O2/c1-25-17(24)23-9-4-2-3-8-19-15-14(18)11-20-16(22-15)21-12-6-5-7-13(23)10-12/h5-7,10-11H,2-4,8-9H2,1H3,(H2,19,20,21,22). The number of aromatic nitrogens is 2. The lowest BCUT2D eigenvalue weighted by atomic mass is 10.2. The molecule has 1 aliphatic heterocycles. The molecule has 2 heterocycles. The Bertz CT molecular complexity index is 756. The molecule has 0 saturated carbocycles. The van der Waals surface area contributed by atoms with Crippen molar-refractivity contribution >= 4 is 45.2 Å². The zero-order valence-electron chi connectivity index (χ0n) is 14.0. The Balaban J connectivity index is 1.94. The first-order valence-electron chi connectivity index (χ1n) is 8.16. The van der Waals surface area contributed by atoms with Crippen LogP contribution in [0.25, 0.3) is 0 Å². The zero-order valence-corrected chi connectivity index (χ0v) is 15.5. The van der Waals surface area contributed by atoms with Crippen LogP contribution in [0.3, 0.4) is 0 Å². The summed E-state index contributed by atoms with van der Waals surface area (Å²) in [7, 11) is 1.40. The van der Waals surface area contributed by atoms with Gasteiger partial charge in [0.2, 0.25) is 5.95 Å². The number of anilines is 4. The Hall–Kier alpha value is -2.35. The molecule has 0 spiro atoms. The van der Waals surface area contributed by atoms with E-state index in [1.54, 1.807) is 11.1 Å². The van der Waals surface area contributed by atoms with Crippen LogP contribution in [0.1, 0.15) is 19.3 Å². The molecule has 0 fully saturated rings. The van der Waals surface area contributed by atoms with Crippen molar-refractivity contribution in [2.45, 2.75) is 19.3 Å². The first-order chi connectivity index (χ1) is 12.2. The normalized spacial score (nSPS) is 14.7. The van der Waals surface area contributed by atoms with Gasteiger partial charge >= 0.3 is 6.09 Å². The van der Waals surface area contributed by atoms with Crippen LogP contribution in [0.15, 0.2) is 34.9 Å². The van der Waals surface area contributed by atoms with Crippen LogP contribution in [-0.2, 0) is 4.74 Å². The van der Waals surface area contributed by atoms with Crippen molar-refractivity contribution in [2.24, 2.45) is 0 Å². The summed E-state index contributed by atoms with van der Waals surface area (Å²) in [5.41, 5.74) is 1.58. The molecule has 0 aliphatic carbocycles. The number of nitrogens with zero attached hydrogens (tertiary/aromatic N) is 3. The molecule has 2 aromatic rings. The summed E-state index contributed by atoms with van der Waals surface area (Å²) in [5.74, 6) is 1.26. The molecule has 0 saturated heterocycles. The van der Waals surface area contributed by atoms with Gasteiger partial charge in [-0.3, -0.25) is 4.90 Å². The molecule has 0 atom stereocenters. The minimum absolute atomic E-state index is 0.357. The van der Waals surface area contributed by atoms with Crippen LogP contribution < -0.4 is 15.5 Å². The Morgan fingerprint density at radius 2 is 2.20 bits per heavy atom. The van der Waals surface area contributed by atoms with E-state index >= 15 is 0 Å². The number of rotatable bonds is 0. The van der Waals surface area contributed by atoms with E-state index in [9.17, 15) is 4.79 Å². The summed E-state index contributed by atoms with van der Waals surface area (Å²) in [4.78, 5) is 22.6. The van der Waals surface area contributed by atoms with Gasteiger partial charge in [-0.25, -0.2) is 9.78 Å². The van der Waals surface area contributed by atoms with Gasteiger partial charge in [-0.15, -0.1) is 0 Å². The minimum atomic E-state index is -0.357. The number of carbonyl (C=O) groups is 1. The highest BCUT2D eigenvalue weighted by molar-refractivity contribution is 9.10. The van der Waals surface area contributed by atoms with Crippen LogP contribution in [-0.4, -0.2) is 36.3 Å². The molecule has 132 valence electrons. The largest absolute Gasteiger partial charge is 0.452 e. The van der Waals surface area contributed by atoms with Crippen molar-refractivity contribution in [2.75, 3.05) is 35.7 Å². The highest BCUT2D eigenvalue weighted by Crippen LogP contribution is 2.25. The third kappa shape index (κ3) is 4.39. The Kier molecular flexibility index (Phi) is 5.70. The second-order valence-electron chi connectivity index (χ2n) is 5.67. The number of methoxy groups -OCH3 is 1. The minimum Gasteiger partial charge on any atom is -0.452 e. The number of benzene rings is 1. The zero-order chi connectivity index (χ0) is 17.6. The molecule has 25 heavy (non-hydrogen) atoms. The third-order valence-electron chi connectivity index (χ3n) is 3.90. The van der Waals surface area contributed by atoms with Gasteiger partial charge in [0, 0.05) is 30.7 Å². The maximum absolute atomic E-state index is 12.1. The van der Waals surface area contributed by atoms with Crippen molar-refractivity contribution in [1.29, 1.82) is 0 Å². The molecule has 7 nitrogen and oxygen atoms in total. The third-order valence-corrected chi connectivity index (χ3v) is 4.48. The molecule has 3 rings (SSSR count). The fourth-order valence-electron chi connectivity index (χ4n) is 2.65. The summed E-state index contributed by atoms with van der Waals surface area (Å²) in [5, 5.41) is 6.50. The summed E-state index contributed by atoms with van der Waals surface area (Å²) in [6.07, 6.45) is 4.23. The van der Waals surface area contributed by atoms with E-state index < -0.39 is 0 Å². The van der Waals surface area contributed by atoms with E-state index in [1.165, 1.54) is 7.11 Å². The Labute approximate surface area is 154 Å². The second kappa shape index (κ2) is 8.15. The van der Waals surface area contributed by atoms with Crippen molar-refractivity contribution in [3.05, 3.63) is 34.9 Å². The fraction of sp³-hybridized carbons (Fsp3) is 0.353. The van der Waals surface area contributed by atoms with E-state index in [2.05, 4.69) is 36.5 Å². The van der Waals surface area contributed by atoms with Gasteiger partial charge in [-0.05, 0) is 53.4 Å². The number of amides is 1. The molecular formula is C17H20BrN5O2. The average Bonchev–Trinajstić information content (AvgIpc) is 2.62. The predicted octanol–water partition coefficient (Wildman–Crippen LogP) is 4.15. The van der Waals surface area contributed by atoms with Gasteiger partial charge in [-0.2, -0.15) is 4.98 Å². The van der Waals surface area contributed by atoms with E-state index in [0.717, 1.165) is 47.5 Å². The van der Waals surface area contributed by atoms with Crippen molar-refractivity contribution in [3.8, 4) is 0 Å². The van der Waals surface area contributed by atoms with Crippen LogP contribution in [0.5, 0.6) is 0 Å². The number of halogens is 1. The first kappa shape index (κ1) is 17.5. The molecule has 0 radical (unpaired) electrons. The smallest absolute Gasteiger partial charge is 0.413 e. The monoisotopic (exact) mass is 405 g/mol. The van der Waals surface area contributed by atoms with Crippen LogP contribution >= 0.6 is 15.9 Å². The van der Waals surface area contributed by atoms with E-state index in [-0.39, 0.29) is 6.09 Å². The van der Waals surface area contributed by atoms with Crippen molar-refractivity contribution in [1.82, 2.24) is 9.97 Å². The molecule has 1 aromatic heterocycles. The second-order valence-corrected chi connectivity index (χ2v) is 6.53. The highest BCUT2D eigenvalue weighted by atomic mass is 79.9. The summed E-state index contributed by atoms with van der Waals surface area (Å²) >= 11 is 3.47. The van der Waals surface area contributed by atoms with Crippen LogP contribution in [0.4, 0.5) is 27.9 Å². The number of hydrogen-bond acceptors (Lipinski definition) is 6. The van der Waals surface area contributed by atoms with Crippen LogP contribution in [0.2, 0.25) is 0 Å². The number of fused-ring (bicyclic) bond motifs is 4. The molecule has 0 unspecified atom stereocenters. The number of carbonyl (C=O) groups excluding carboxylic acids is 1. The molecule has 4 bridgehead atoms. The molecular weight excluding hydrogens is 386 g/mol. The van der Waals surface area contributed by atoms with Gasteiger partial charge in [0.25, 0.3) is 0 Å². The topological polar surface area (TPSA) is 79.4 Å². The van der Waals surface area contributed by atoms with Gasteiger partial charge < -0.3 is 15.4 Å². The number of nitrogens with one attached hydrogen (secondary N) is 2. The maximum Gasteiger partial charge on any atom is 0.413 e. The lowest BCUT2D eigenvalue weighted by molar-refractivity contribution is 0.178. The summed E-state index contributed by atoms with van der Waals surface area (Å²) in [6.45, 7) is 1.42. The van der Waals surface area contributed by atoms with Gasteiger partial charge in [0.05, 0.1) is 11.6 Å².